The highest BCUT2D eigenvalue weighted by molar-refractivity contribution is 9.10. The van der Waals surface area contributed by atoms with Crippen molar-refractivity contribution in [2.24, 2.45) is 4.99 Å². The lowest BCUT2D eigenvalue weighted by molar-refractivity contribution is -0.132. The summed E-state index contributed by atoms with van der Waals surface area (Å²) >= 11 is 3.65. The van der Waals surface area contributed by atoms with E-state index in [0.717, 1.165) is 29.0 Å². The molecule has 2 aliphatic heterocycles. The molecule has 0 bridgehead atoms. The van der Waals surface area contributed by atoms with Crippen molar-refractivity contribution in [1.29, 1.82) is 0 Å². The van der Waals surface area contributed by atoms with Crippen LogP contribution in [0.5, 0.6) is 0 Å². The number of halogens is 1. The summed E-state index contributed by atoms with van der Waals surface area (Å²) in [6.07, 6.45) is 5.22. The van der Waals surface area contributed by atoms with E-state index in [1.54, 1.807) is 13.4 Å². The van der Waals surface area contributed by atoms with Crippen molar-refractivity contribution in [3.63, 3.8) is 0 Å². The second kappa shape index (κ2) is 6.72. The Labute approximate surface area is 154 Å². The van der Waals surface area contributed by atoms with Crippen LogP contribution in [0.1, 0.15) is 29.3 Å². The van der Waals surface area contributed by atoms with E-state index in [-0.39, 0.29) is 18.5 Å². The quantitative estimate of drug-likeness (QED) is 0.775. The largest absolute Gasteiger partial charge is 0.378 e. The molecular formula is C18H19BrN4O2. The van der Waals surface area contributed by atoms with Crippen LogP contribution in [-0.4, -0.2) is 46.4 Å². The van der Waals surface area contributed by atoms with Crippen molar-refractivity contribution >= 4 is 27.7 Å². The first-order valence-corrected chi connectivity index (χ1v) is 9.09. The van der Waals surface area contributed by atoms with Gasteiger partial charge in [0.25, 0.3) is 0 Å². The first-order valence-electron chi connectivity index (χ1n) is 8.29. The number of hydrogen-bond donors (Lipinski definition) is 0. The zero-order valence-electron chi connectivity index (χ0n) is 14.0. The SMILES string of the molecule is COCc1cn(C2=NCC(=O)N3CCc4c(Br)cccc4C3C2)cn1. The lowest BCUT2D eigenvalue weighted by atomic mass is 9.90. The van der Waals surface area contributed by atoms with Crippen LogP contribution in [0.3, 0.4) is 0 Å². The maximum atomic E-state index is 12.6. The first kappa shape index (κ1) is 16.5. The van der Waals surface area contributed by atoms with Crippen molar-refractivity contribution in [2.45, 2.75) is 25.5 Å². The number of aromatic nitrogens is 2. The number of aliphatic imine (C=N–C) groups is 1. The smallest absolute Gasteiger partial charge is 0.244 e. The fourth-order valence-corrected chi connectivity index (χ4v) is 4.21. The van der Waals surface area contributed by atoms with Gasteiger partial charge in [0.15, 0.2) is 0 Å². The Bertz CT molecular complexity index is 845. The van der Waals surface area contributed by atoms with Gasteiger partial charge in [-0.1, -0.05) is 28.1 Å². The maximum absolute atomic E-state index is 12.6. The zero-order chi connectivity index (χ0) is 17.4. The highest BCUT2D eigenvalue weighted by Crippen LogP contribution is 2.37. The zero-order valence-corrected chi connectivity index (χ0v) is 15.6. The second-order valence-corrected chi connectivity index (χ2v) is 7.16. The molecule has 130 valence electrons. The van der Waals surface area contributed by atoms with E-state index in [4.69, 9.17) is 4.74 Å². The Morgan fingerprint density at radius 2 is 2.28 bits per heavy atom. The van der Waals surface area contributed by atoms with E-state index in [1.807, 2.05) is 21.7 Å². The van der Waals surface area contributed by atoms with Crippen LogP contribution in [0.2, 0.25) is 0 Å². The number of rotatable bonds is 2. The molecule has 0 saturated carbocycles. The minimum absolute atomic E-state index is 0.0169. The standard InChI is InChI=1S/C18H19BrN4O2/c1-25-10-12-9-22(11-21-12)17-7-16-14-3-2-4-15(19)13(14)5-6-23(16)18(24)8-20-17/h2-4,9,11,16H,5-8,10H2,1H3. The molecule has 1 atom stereocenters. The van der Waals surface area contributed by atoms with Gasteiger partial charge in [-0.25, -0.2) is 4.98 Å². The van der Waals surface area contributed by atoms with E-state index in [1.165, 1.54) is 11.1 Å². The Balaban J connectivity index is 1.70. The Hall–Kier alpha value is -1.99. The third kappa shape index (κ3) is 3.02. The molecule has 1 aromatic carbocycles. The molecule has 0 saturated heterocycles. The van der Waals surface area contributed by atoms with E-state index in [2.05, 4.69) is 38.0 Å². The Morgan fingerprint density at radius 3 is 3.12 bits per heavy atom. The number of hydrogen-bond acceptors (Lipinski definition) is 4. The van der Waals surface area contributed by atoms with Crippen molar-refractivity contribution in [1.82, 2.24) is 14.5 Å². The van der Waals surface area contributed by atoms with Gasteiger partial charge in [-0.2, -0.15) is 0 Å². The van der Waals surface area contributed by atoms with E-state index >= 15 is 0 Å². The van der Waals surface area contributed by atoms with E-state index in [0.29, 0.717) is 13.0 Å². The Morgan fingerprint density at radius 1 is 1.40 bits per heavy atom. The van der Waals surface area contributed by atoms with Gasteiger partial charge in [0.2, 0.25) is 5.91 Å². The molecule has 0 fully saturated rings. The molecule has 1 unspecified atom stereocenters. The molecule has 0 aliphatic carbocycles. The van der Waals surface area contributed by atoms with Gasteiger partial charge < -0.3 is 9.64 Å². The second-order valence-electron chi connectivity index (χ2n) is 6.30. The molecule has 1 aromatic heterocycles. The van der Waals surface area contributed by atoms with Crippen LogP contribution in [-0.2, 0) is 22.6 Å². The molecule has 1 amide bonds. The molecule has 6 nitrogen and oxygen atoms in total. The van der Waals surface area contributed by atoms with E-state index in [9.17, 15) is 4.79 Å². The van der Waals surface area contributed by atoms with Gasteiger partial charge in [0.1, 0.15) is 18.7 Å². The molecular weight excluding hydrogens is 384 g/mol. The molecule has 7 heteroatoms. The van der Waals surface area contributed by atoms with Crippen LogP contribution in [0, 0.1) is 0 Å². The summed E-state index contributed by atoms with van der Waals surface area (Å²) in [7, 11) is 1.65. The molecule has 0 N–H and O–H groups in total. The summed E-state index contributed by atoms with van der Waals surface area (Å²) in [6.45, 7) is 1.39. The molecule has 4 rings (SSSR count). The number of amides is 1. The van der Waals surface area contributed by atoms with Gasteiger partial charge in [-0.3, -0.25) is 14.4 Å². The predicted octanol–water partition coefficient (Wildman–Crippen LogP) is 2.57. The topological polar surface area (TPSA) is 59.7 Å². The summed E-state index contributed by atoms with van der Waals surface area (Å²) in [4.78, 5) is 23.5. The van der Waals surface area contributed by atoms with Crippen LogP contribution >= 0.6 is 15.9 Å². The third-order valence-corrected chi connectivity index (χ3v) is 5.56. The van der Waals surface area contributed by atoms with Crippen LogP contribution in [0.15, 0.2) is 40.2 Å². The fourth-order valence-electron chi connectivity index (χ4n) is 3.63. The highest BCUT2D eigenvalue weighted by Gasteiger charge is 2.34. The van der Waals surface area contributed by atoms with Gasteiger partial charge >= 0.3 is 0 Å². The lowest BCUT2D eigenvalue weighted by Crippen LogP contribution is -2.40. The number of nitrogens with zero attached hydrogens (tertiary/aromatic N) is 4. The number of carbonyl (C=O) groups excluding carboxylic acids is 1. The molecule has 0 spiro atoms. The minimum Gasteiger partial charge on any atom is -0.378 e. The van der Waals surface area contributed by atoms with E-state index < -0.39 is 0 Å². The van der Waals surface area contributed by atoms with Crippen molar-refractivity contribution in [2.75, 3.05) is 20.2 Å². The molecule has 3 heterocycles. The number of methoxy groups -OCH3 is 1. The highest BCUT2D eigenvalue weighted by atomic mass is 79.9. The van der Waals surface area contributed by atoms with Gasteiger partial charge in [-0.05, 0) is 23.6 Å². The van der Waals surface area contributed by atoms with Crippen molar-refractivity contribution in [3.05, 3.63) is 52.0 Å². The molecule has 2 aliphatic rings. The summed E-state index contributed by atoms with van der Waals surface area (Å²) in [5, 5.41) is 0. The predicted molar refractivity (Wildman–Crippen MR) is 97.6 cm³/mol. The maximum Gasteiger partial charge on any atom is 0.244 e. The fraction of sp³-hybridized carbons (Fsp3) is 0.389. The van der Waals surface area contributed by atoms with Crippen LogP contribution in [0.4, 0.5) is 0 Å². The van der Waals surface area contributed by atoms with Crippen LogP contribution in [0.25, 0.3) is 0 Å². The summed E-state index contributed by atoms with van der Waals surface area (Å²) in [6, 6.07) is 6.24. The Kier molecular flexibility index (Phi) is 4.43. The number of carbonyl (C=O) groups is 1. The monoisotopic (exact) mass is 402 g/mol. The van der Waals surface area contributed by atoms with Crippen LogP contribution < -0.4 is 0 Å². The summed E-state index contributed by atoms with van der Waals surface area (Å²) in [5.41, 5.74) is 3.36. The van der Waals surface area contributed by atoms with Gasteiger partial charge in [0, 0.05) is 30.7 Å². The molecule has 0 radical (unpaired) electrons. The van der Waals surface area contributed by atoms with Gasteiger partial charge in [-0.15, -0.1) is 0 Å². The van der Waals surface area contributed by atoms with Crippen molar-refractivity contribution in [3.8, 4) is 0 Å². The average Bonchev–Trinajstić information content (AvgIpc) is 3.00. The number of ether oxygens (including phenoxy) is 1. The number of fused-ring (bicyclic) bond motifs is 3. The minimum atomic E-state index is 0.0169. The normalized spacial score (nSPS) is 19.9. The lowest BCUT2D eigenvalue weighted by Gasteiger charge is -2.36. The molecule has 2 aromatic rings. The number of imidazole rings is 1. The summed E-state index contributed by atoms with van der Waals surface area (Å²) in [5.74, 6) is 0.950. The average molecular weight is 403 g/mol. The molecule has 25 heavy (non-hydrogen) atoms. The third-order valence-electron chi connectivity index (χ3n) is 4.81. The van der Waals surface area contributed by atoms with Crippen molar-refractivity contribution < 1.29 is 9.53 Å². The first-order chi connectivity index (χ1) is 12.2. The summed E-state index contributed by atoms with van der Waals surface area (Å²) < 4.78 is 8.16. The van der Waals surface area contributed by atoms with Gasteiger partial charge in [0.05, 0.1) is 18.3 Å². The number of benzene rings is 1.